The molecule has 1 N–H and O–H groups in total. The Labute approximate surface area is 112 Å². The van der Waals surface area contributed by atoms with Gasteiger partial charge in [-0.2, -0.15) is 10.1 Å². The minimum absolute atomic E-state index is 0.266. The molecule has 2 aromatic rings. The number of hydrogen-bond acceptors (Lipinski definition) is 6. The molecule has 0 radical (unpaired) electrons. The molecule has 0 spiro atoms. The van der Waals surface area contributed by atoms with E-state index in [-0.39, 0.29) is 6.01 Å². The minimum Gasteiger partial charge on any atom is -0.402 e. The molecule has 19 heavy (non-hydrogen) atoms. The number of hydrogen-bond donors (Lipinski definition) is 1. The molecule has 2 aromatic heterocycles. The lowest BCUT2D eigenvalue weighted by Crippen LogP contribution is -2.19. The molecular weight excluding hydrogens is 244 g/mol. The second-order valence-corrected chi connectivity index (χ2v) is 4.69. The van der Waals surface area contributed by atoms with E-state index < -0.39 is 0 Å². The van der Waals surface area contributed by atoms with E-state index in [1.807, 2.05) is 6.07 Å². The Balaban J connectivity index is 1.87. The van der Waals surface area contributed by atoms with Crippen LogP contribution in [0.1, 0.15) is 19.5 Å². The number of rotatable bonds is 6. The normalized spacial score (nSPS) is 10.9. The first-order valence-electron chi connectivity index (χ1n) is 6.20. The summed E-state index contributed by atoms with van der Waals surface area (Å²) < 4.78 is 6.92. The molecule has 0 atom stereocenters. The highest BCUT2D eigenvalue weighted by atomic mass is 16.5. The van der Waals surface area contributed by atoms with Crippen molar-refractivity contribution in [1.82, 2.24) is 30.3 Å². The third kappa shape index (κ3) is 4.29. The summed E-state index contributed by atoms with van der Waals surface area (Å²) in [5, 5.41) is 15.4. The van der Waals surface area contributed by atoms with Crippen LogP contribution in [0.15, 0.2) is 18.5 Å². The summed E-state index contributed by atoms with van der Waals surface area (Å²) in [6.45, 7) is 5.98. The maximum Gasteiger partial charge on any atom is 0.342 e. The minimum atomic E-state index is 0.266. The van der Waals surface area contributed by atoms with Crippen molar-refractivity contribution < 1.29 is 4.74 Å². The van der Waals surface area contributed by atoms with Crippen molar-refractivity contribution in [3.8, 4) is 11.9 Å². The molecule has 7 heteroatoms. The summed E-state index contributed by atoms with van der Waals surface area (Å²) in [5.74, 6) is 1.00. The lowest BCUT2D eigenvalue weighted by Gasteiger charge is -2.06. The van der Waals surface area contributed by atoms with Gasteiger partial charge in [0.05, 0.1) is 5.69 Å². The summed E-state index contributed by atoms with van der Waals surface area (Å²) in [7, 11) is 1.77. The number of nitrogens with zero attached hydrogens (tertiary/aromatic N) is 5. The van der Waals surface area contributed by atoms with Gasteiger partial charge in [0.1, 0.15) is 6.33 Å². The number of nitrogens with one attached hydrogen (secondary N) is 1. The van der Waals surface area contributed by atoms with Crippen molar-refractivity contribution >= 4 is 0 Å². The summed E-state index contributed by atoms with van der Waals surface area (Å²) in [6.07, 6.45) is 1.56. The second kappa shape index (κ2) is 6.24. The summed E-state index contributed by atoms with van der Waals surface area (Å²) in [4.78, 5) is 3.95. The van der Waals surface area contributed by atoms with E-state index in [1.165, 1.54) is 0 Å². The number of ether oxygens (including phenoxy) is 1. The molecule has 0 amide bonds. The Morgan fingerprint density at radius 2 is 2.16 bits per heavy atom. The number of aryl methyl sites for hydroxylation is 1. The molecule has 2 heterocycles. The first-order valence-corrected chi connectivity index (χ1v) is 6.20. The Kier molecular flexibility index (Phi) is 4.40. The van der Waals surface area contributed by atoms with Crippen LogP contribution in [0.25, 0.3) is 0 Å². The van der Waals surface area contributed by atoms with E-state index in [1.54, 1.807) is 24.1 Å². The smallest absolute Gasteiger partial charge is 0.342 e. The SMILES string of the molecule is CC(C)CNCc1ccc(Oc2ncn(C)n2)nn1. The van der Waals surface area contributed by atoms with E-state index in [9.17, 15) is 0 Å². The van der Waals surface area contributed by atoms with Gasteiger partial charge < -0.3 is 10.1 Å². The van der Waals surface area contributed by atoms with Crippen molar-refractivity contribution in [2.45, 2.75) is 20.4 Å². The molecule has 0 bridgehead atoms. The molecule has 0 saturated heterocycles. The average Bonchev–Trinajstić information content (AvgIpc) is 2.77. The van der Waals surface area contributed by atoms with Crippen LogP contribution < -0.4 is 10.1 Å². The van der Waals surface area contributed by atoms with Crippen LogP contribution in [0.4, 0.5) is 0 Å². The highest BCUT2D eigenvalue weighted by molar-refractivity contribution is 5.14. The zero-order valence-electron chi connectivity index (χ0n) is 11.4. The predicted molar refractivity (Wildman–Crippen MR) is 69.7 cm³/mol. The molecule has 0 aliphatic heterocycles. The quantitative estimate of drug-likeness (QED) is 0.841. The molecule has 0 fully saturated rings. The predicted octanol–water partition coefficient (Wildman–Crippen LogP) is 1.14. The fraction of sp³-hybridized carbons (Fsp3) is 0.500. The third-order valence-electron chi connectivity index (χ3n) is 2.33. The highest BCUT2D eigenvalue weighted by Crippen LogP contribution is 2.12. The van der Waals surface area contributed by atoms with Crippen LogP contribution >= 0.6 is 0 Å². The van der Waals surface area contributed by atoms with Crippen LogP contribution in [-0.4, -0.2) is 31.5 Å². The van der Waals surface area contributed by atoms with Crippen molar-refractivity contribution in [1.29, 1.82) is 0 Å². The van der Waals surface area contributed by atoms with Crippen molar-refractivity contribution in [2.75, 3.05) is 6.54 Å². The molecule has 0 aromatic carbocycles. The van der Waals surface area contributed by atoms with Gasteiger partial charge in [0.2, 0.25) is 5.88 Å². The zero-order valence-corrected chi connectivity index (χ0v) is 11.4. The largest absolute Gasteiger partial charge is 0.402 e. The molecule has 0 saturated carbocycles. The molecular formula is C12H18N6O. The van der Waals surface area contributed by atoms with E-state index in [2.05, 4.69) is 39.4 Å². The van der Waals surface area contributed by atoms with Gasteiger partial charge in [-0.1, -0.05) is 13.8 Å². The lowest BCUT2D eigenvalue weighted by molar-refractivity contribution is 0.415. The van der Waals surface area contributed by atoms with Crippen molar-refractivity contribution in [2.24, 2.45) is 13.0 Å². The lowest BCUT2D eigenvalue weighted by atomic mass is 10.2. The van der Waals surface area contributed by atoms with E-state index in [0.717, 1.165) is 12.2 Å². The Morgan fingerprint density at radius 3 is 2.74 bits per heavy atom. The van der Waals surface area contributed by atoms with Gasteiger partial charge in [-0.15, -0.1) is 10.2 Å². The zero-order chi connectivity index (χ0) is 13.7. The maximum absolute atomic E-state index is 5.36. The Bertz CT molecular complexity index is 507. The monoisotopic (exact) mass is 262 g/mol. The van der Waals surface area contributed by atoms with Gasteiger partial charge in [0, 0.05) is 19.7 Å². The molecule has 0 aliphatic carbocycles. The van der Waals surface area contributed by atoms with Gasteiger partial charge in [-0.3, -0.25) is 4.68 Å². The summed E-state index contributed by atoms with van der Waals surface area (Å²) in [5.41, 5.74) is 0.877. The van der Waals surface area contributed by atoms with Gasteiger partial charge in [0.15, 0.2) is 0 Å². The Morgan fingerprint density at radius 1 is 1.32 bits per heavy atom. The van der Waals surface area contributed by atoms with Gasteiger partial charge in [-0.25, -0.2) is 0 Å². The maximum atomic E-state index is 5.36. The van der Waals surface area contributed by atoms with Crippen LogP contribution in [0.2, 0.25) is 0 Å². The van der Waals surface area contributed by atoms with Crippen molar-refractivity contribution in [3.05, 3.63) is 24.2 Å². The highest BCUT2D eigenvalue weighted by Gasteiger charge is 2.04. The van der Waals surface area contributed by atoms with Crippen molar-refractivity contribution in [3.63, 3.8) is 0 Å². The Hall–Kier alpha value is -2.02. The first-order chi connectivity index (χ1) is 9.13. The van der Waals surface area contributed by atoms with Crippen LogP contribution in [-0.2, 0) is 13.6 Å². The van der Waals surface area contributed by atoms with E-state index >= 15 is 0 Å². The number of aromatic nitrogens is 5. The molecule has 7 nitrogen and oxygen atoms in total. The fourth-order valence-electron chi connectivity index (χ4n) is 1.45. The first kappa shape index (κ1) is 13.4. The van der Waals surface area contributed by atoms with E-state index in [0.29, 0.717) is 18.3 Å². The van der Waals surface area contributed by atoms with Crippen LogP contribution in [0, 0.1) is 5.92 Å². The fourth-order valence-corrected chi connectivity index (χ4v) is 1.45. The third-order valence-corrected chi connectivity index (χ3v) is 2.33. The van der Waals surface area contributed by atoms with Gasteiger partial charge in [-0.05, 0) is 18.5 Å². The summed E-state index contributed by atoms with van der Waals surface area (Å²) >= 11 is 0. The van der Waals surface area contributed by atoms with Crippen LogP contribution in [0.5, 0.6) is 11.9 Å². The topological polar surface area (TPSA) is 77.8 Å². The van der Waals surface area contributed by atoms with E-state index in [4.69, 9.17) is 4.74 Å². The average molecular weight is 262 g/mol. The standard InChI is InChI=1S/C12H18N6O/c1-9(2)6-13-7-10-4-5-11(16-15-10)19-12-14-8-18(3)17-12/h4-5,8-9,13H,6-7H2,1-3H3. The second-order valence-electron chi connectivity index (χ2n) is 4.69. The van der Waals surface area contributed by atoms with Gasteiger partial charge >= 0.3 is 6.01 Å². The van der Waals surface area contributed by atoms with Gasteiger partial charge in [0.25, 0.3) is 0 Å². The molecule has 0 unspecified atom stereocenters. The molecule has 0 aliphatic rings. The summed E-state index contributed by atoms with van der Waals surface area (Å²) in [6, 6.07) is 3.90. The molecule has 102 valence electrons. The van der Waals surface area contributed by atoms with Crippen LogP contribution in [0.3, 0.4) is 0 Å². The molecule has 2 rings (SSSR count).